The number of hydrogen-bond donors (Lipinski definition) is 0. The molecule has 1 aromatic rings. The van der Waals surface area contributed by atoms with Gasteiger partial charge in [0, 0.05) is 32.4 Å². The van der Waals surface area contributed by atoms with E-state index in [4.69, 9.17) is 9.47 Å². The van der Waals surface area contributed by atoms with Gasteiger partial charge in [-0.1, -0.05) is 0 Å². The van der Waals surface area contributed by atoms with Crippen molar-refractivity contribution in [2.45, 2.75) is 39.1 Å². The predicted molar refractivity (Wildman–Crippen MR) is 87.8 cm³/mol. The van der Waals surface area contributed by atoms with E-state index in [0.29, 0.717) is 25.3 Å². The van der Waals surface area contributed by atoms with E-state index in [1.54, 1.807) is 6.20 Å². The second kappa shape index (κ2) is 6.84. The van der Waals surface area contributed by atoms with E-state index in [1.165, 1.54) is 0 Å². The van der Waals surface area contributed by atoms with Gasteiger partial charge in [0.05, 0.1) is 30.5 Å². The molecule has 0 unspecified atom stereocenters. The van der Waals surface area contributed by atoms with Gasteiger partial charge in [-0.25, -0.2) is 4.98 Å². The summed E-state index contributed by atoms with van der Waals surface area (Å²) < 4.78 is 11.2. The fraction of sp³-hybridized carbons (Fsp3) is 0.647. The summed E-state index contributed by atoms with van der Waals surface area (Å²) in [6.45, 7) is 9.66. The topological polar surface area (TPSA) is 54.9 Å². The molecular formula is C17H25N3O3. The highest BCUT2D eigenvalue weighted by Crippen LogP contribution is 2.19. The van der Waals surface area contributed by atoms with Crippen LogP contribution in [0.2, 0.25) is 0 Å². The molecule has 2 saturated heterocycles. The Kier molecular flexibility index (Phi) is 4.82. The van der Waals surface area contributed by atoms with E-state index < -0.39 is 0 Å². The monoisotopic (exact) mass is 319 g/mol. The van der Waals surface area contributed by atoms with E-state index >= 15 is 0 Å². The molecule has 2 aliphatic heterocycles. The maximum atomic E-state index is 12.5. The highest BCUT2D eigenvalue weighted by atomic mass is 16.5. The third-order valence-electron chi connectivity index (χ3n) is 4.27. The van der Waals surface area contributed by atoms with Crippen molar-refractivity contribution >= 4 is 11.7 Å². The molecule has 2 fully saturated rings. The van der Waals surface area contributed by atoms with Crippen molar-refractivity contribution in [3.63, 3.8) is 0 Å². The zero-order chi connectivity index (χ0) is 16.4. The van der Waals surface area contributed by atoms with Crippen LogP contribution in [0.4, 0.5) is 5.82 Å². The molecule has 1 amide bonds. The van der Waals surface area contributed by atoms with Crippen molar-refractivity contribution in [2.75, 3.05) is 37.7 Å². The van der Waals surface area contributed by atoms with Crippen molar-refractivity contribution in [1.82, 2.24) is 9.88 Å². The van der Waals surface area contributed by atoms with Crippen LogP contribution in [-0.4, -0.2) is 66.9 Å². The normalized spacial score (nSPS) is 28.7. The van der Waals surface area contributed by atoms with E-state index in [1.807, 2.05) is 24.0 Å². The summed E-state index contributed by atoms with van der Waals surface area (Å²) in [4.78, 5) is 21.1. The number of carbonyl (C=O) groups is 1. The second-order valence-electron chi connectivity index (χ2n) is 6.50. The smallest absolute Gasteiger partial charge is 0.255 e. The zero-order valence-electron chi connectivity index (χ0n) is 14.1. The van der Waals surface area contributed by atoms with Crippen LogP contribution in [0.1, 0.15) is 31.1 Å². The second-order valence-corrected chi connectivity index (χ2v) is 6.50. The zero-order valence-corrected chi connectivity index (χ0v) is 14.1. The lowest BCUT2D eigenvalue weighted by atomic mass is 10.2. The van der Waals surface area contributed by atoms with Gasteiger partial charge in [0.2, 0.25) is 0 Å². The molecule has 2 aliphatic rings. The maximum Gasteiger partial charge on any atom is 0.255 e. The van der Waals surface area contributed by atoms with Crippen molar-refractivity contribution < 1.29 is 14.3 Å². The van der Waals surface area contributed by atoms with Gasteiger partial charge in [-0.05, 0) is 32.9 Å². The Hall–Kier alpha value is -1.66. The van der Waals surface area contributed by atoms with Crippen LogP contribution in [0, 0.1) is 0 Å². The number of carbonyl (C=O) groups excluding carboxylic acids is 1. The molecule has 3 heterocycles. The molecule has 23 heavy (non-hydrogen) atoms. The number of aromatic nitrogens is 1. The molecule has 3 rings (SSSR count). The summed E-state index contributed by atoms with van der Waals surface area (Å²) in [7, 11) is 0. The predicted octanol–water partition coefficient (Wildman–Crippen LogP) is 1.56. The van der Waals surface area contributed by atoms with Crippen LogP contribution < -0.4 is 4.90 Å². The van der Waals surface area contributed by atoms with Crippen molar-refractivity contribution in [2.24, 2.45) is 0 Å². The van der Waals surface area contributed by atoms with Gasteiger partial charge in [0.1, 0.15) is 5.82 Å². The highest BCUT2D eigenvalue weighted by molar-refractivity contribution is 5.94. The maximum absolute atomic E-state index is 12.5. The Bertz CT molecular complexity index is 539. The number of anilines is 1. The molecule has 0 bridgehead atoms. The average molecular weight is 319 g/mol. The molecule has 0 N–H and O–H groups in total. The minimum atomic E-state index is 0.0305. The Morgan fingerprint density at radius 1 is 1.13 bits per heavy atom. The first-order valence-electron chi connectivity index (χ1n) is 8.30. The highest BCUT2D eigenvalue weighted by Gasteiger charge is 2.25. The van der Waals surface area contributed by atoms with Gasteiger partial charge in [0.25, 0.3) is 5.91 Å². The van der Waals surface area contributed by atoms with Gasteiger partial charge in [-0.15, -0.1) is 0 Å². The number of rotatable bonds is 2. The van der Waals surface area contributed by atoms with E-state index in [0.717, 1.165) is 18.9 Å². The summed E-state index contributed by atoms with van der Waals surface area (Å²) in [6, 6.07) is 3.80. The fourth-order valence-electron chi connectivity index (χ4n) is 3.25. The Morgan fingerprint density at radius 3 is 2.48 bits per heavy atom. The number of hydrogen-bond acceptors (Lipinski definition) is 5. The third kappa shape index (κ3) is 3.82. The molecule has 6 heteroatoms. The fourth-order valence-corrected chi connectivity index (χ4v) is 3.25. The van der Waals surface area contributed by atoms with Crippen molar-refractivity contribution in [1.29, 1.82) is 0 Å². The van der Waals surface area contributed by atoms with Gasteiger partial charge in [-0.2, -0.15) is 0 Å². The summed E-state index contributed by atoms with van der Waals surface area (Å²) in [5, 5.41) is 0. The molecule has 3 atom stereocenters. The summed E-state index contributed by atoms with van der Waals surface area (Å²) in [5.74, 6) is 0.932. The van der Waals surface area contributed by atoms with Gasteiger partial charge in [-0.3, -0.25) is 4.79 Å². The number of ether oxygens (including phenoxy) is 2. The third-order valence-corrected chi connectivity index (χ3v) is 4.27. The average Bonchev–Trinajstić information content (AvgIpc) is 2.53. The van der Waals surface area contributed by atoms with E-state index in [2.05, 4.69) is 23.7 Å². The number of amides is 1. The van der Waals surface area contributed by atoms with Crippen molar-refractivity contribution in [3.8, 4) is 0 Å². The van der Waals surface area contributed by atoms with E-state index in [-0.39, 0.29) is 24.2 Å². The lowest BCUT2D eigenvalue weighted by Crippen LogP contribution is -2.46. The Balaban J connectivity index is 1.68. The summed E-state index contributed by atoms with van der Waals surface area (Å²) in [5.41, 5.74) is 0.636. The molecular weight excluding hydrogens is 294 g/mol. The Morgan fingerprint density at radius 2 is 1.87 bits per heavy atom. The first kappa shape index (κ1) is 16.2. The van der Waals surface area contributed by atoms with Crippen LogP contribution in [0.5, 0.6) is 0 Å². The number of pyridine rings is 1. The van der Waals surface area contributed by atoms with Crippen LogP contribution in [-0.2, 0) is 9.47 Å². The van der Waals surface area contributed by atoms with Crippen LogP contribution >= 0.6 is 0 Å². The molecule has 1 aromatic heterocycles. The molecule has 0 aliphatic carbocycles. The largest absolute Gasteiger partial charge is 0.375 e. The quantitative estimate of drug-likeness (QED) is 0.828. The summed E-state index contributed by atoms with van der Waals surface area (Å²) in [6.07, 6.45) is 2.16. The van der Waals surface area contributed by atoms with Gasteiger partial charge in [0.15, 0.2) is 0 Å². The van der Waals surface area contributed by atoms with Crippen LogP contribution in [0.3, 0.4) is 0 Å². The molecule has 6 nitrogen and oxygen atoms in total. The van der Waals surface area contributed by atoms with Crippen molar-refractivity contribution in [3.05, 3.63) is 23.9 Å². The number of nitrogens with zero attached hydrogens (tertiary/aromatic N) is 3. The molecule has 0 aromatic carbocycles. The first-order valence-corrected chi connectivity index (χ1v) is 8.30. The van der Waals surface area contributed by atoms with Gasteiger partial charge < -0.3 is 19.3 Å². The summed E-state index contributed by atoms with van der Waals surface area (Å²) >= 11 is 0. The minimum absolute atomic E-state index is 0.0305. The number of morpholine rings is 2. The lowest BCUT2D eigenvalue weighted by molar-refractivity contribution is -0.0124. The molecule has 0 radical (unpaired) electrons. The lowest BCUT2D eigenvalue weighted by Gasteiger charge is -2.36. The molecule has 0 spiro atoms. The van der Waals surface area contributed by atoms with Crippen LogP contribution in [0.15, 0.2) is 18.3 Å². The first-order chi connectivity index (χ1) is 11.0. The van der Waals surface area contributed by atoms with E-state index in [9.17, 15) is 4.79 Å². The van der Waals surface area contributed by atoms with Crippen LogP contribution in [0.25, 0.3) is 0 Å². The minimum Gasteiger partial charge on any atom is -0.375 e. The standard InChI is InChI=1S/C17H25N3O3/c1-12-9-19(6-7-22-12)17(21)15-4-5-16(18-8-15)20-10-13(2)23-14(3)11-20/h4-5,8,12-14H,6-7,9-11H2,1-3H3/t12-,13-,14+/m0/s1. The van der Waals surface area contributed by atoms with Gasteiger partial charge >= 0.3 is 0 Å². The SMILES string of the molecule is C[C@@H]1CN(c2ccc(C(=O)N3CCO[C@@H](C)C3)cn2)C[C@H](C)O1. The molecule has 126 valence electrons. The molecule has 0 saturated carbocycles. The Labute approximate surface area is 137 Å².